The molecule has 1 fully saturated rings. The van der Waals surface area contributed by atoms with Crippen molar-refractivity contribution < 1.29 is 9.26 Å². The number of rotatable bonds is 5. The van der Waals surface area contributed by atoms with Crippen LogP contribution in [0.15, 0.2) is 4.52 Å². The Morgan fingerprint density at radius 1 is 1.30 bits per heavy atom. The number of hydrogen-bond donors (Lipinski definition) is 1. The maximum Gasteiger partial charge on any atom is 0.226 e. The van der Waals surface area contributed by atoms with Gasteiger partial charge in [0.05, 0.1) is 0 Å². The van der Waals surface area contributed by atoms with Crippen LogP contribution in [0.1, 0.15) is 64.6 Å². The molecule has 0 aliphatic heterocycles. The zero-order chi connectivity index (χ0) is 14.8. The van der Waals surface area contributed by atoms with Gasteiger partial charge in [0.2, 0.25) is 11.7 Å². The van der Waals surface area contributed by atoms with E-state index in [1.54, 1.807) is 7.11 Å². The Morgan fingerprint density at radius 3 is 2.50 bits per heavy atom. The Labute approximate surface area is 121 Å². The summed E-state index contributed by atoms with van der Waals surface area (Å²) < 4.78 is 11.1. The summed E-state index contributed by atoms with van der Waals surface area (Å²) in [7, 11) is 1.75. The SMILES string of the molecule is COC1(c2noc(CCC(C)N)n2)CCC(C)(C)CC1. The summed E-state index contributed by atoms with van der Waals surface area (Å²) in [6.07, 6.45) is 5.71. The third-order valence-electron chi connectivity index (χ3n) is 4.49. The minimum atomic E-state index is -0.369. The van der Waals surface area contributed by atoms with Crippen LogP contribution in [-0.2, 0) is 16.8 Å². The lowest BCUT2D eigenvalue weighted by Crippen LogP contribution is -2.37. The molecule has 0 aromatic carbocycles. The second-order valence-electron chi connectivity index (χ2n) is 6.89. The molecule has 0 spiro atoms. The lowest BCUT2D eigenvalue weighted by molar-refractivity contribution is -0.0740. The Morgan fingerprint density at radius 2 is 1.95 bits per heavy atom. The van der Waals surface area contributed by atoms with Crippen molar-refractivity contribution >= 4 is 0 Å². The zero-order valence-electron chi connectivity index (χ0n) is 13.1. The van der Waals surface area contributed by atoms with Gasteiger partial charge in [0.1, 0.15) is 5.60 Å². The van der Waals surface area contributed by atoms with Crippen LogP contribution in [0.5, 0.6) is 0 Å². The van der Waals surface area contributed by atoms with Gasteiger partial charge in [-0.1, -0.05) is 19.0 Å². The van der Waals surface area contributed by atoms with Crippen LogP contribution < -0.4 is 5.73 Å². The van der Waals surface area contributed by atoms with E-state index in [9.17, 15) is 0 Å². The third-order valence-corrected chi connectivity index (χ3v) is 4.49. The minimum Gasteiger partial charge on any atom is -0.370 e. The molecule has 2 rings (SSSR count). The molecule has 5 nitrogen and oxygen atoms in total. The fourth-order valence-corrected chi connectivity index (χ4v) is 2.74. The van der Waals surface area contributed by atoms with E-state index in [1.807, 2.05) is 6.92 Å². The molecule has 1 aliphatic rings. The summed E-state index contributed by atoms with van der Waals surface area (Å²) in [5, 5.41) is 4.16. The van der Waals surface area contributed by atoms with Crippen LogP contribution in [0.2, 0.25) is 0 Å². The van der Waals surface area contributed by atoms with Gasteiger partial charge < -0.3 is 15.0 Å². The van der Waals surface area contributed by atoms with Crippen molar-refractivity contribution in [3.05, 3.63) is 11.7 Å². The predicted octanol–water partition coefficient (Wildman–Crippen LogP) is 2.79. The highest BCUT2D eigenvalue weighted by Crippen LogP contribution is 2.46. The summed E-state index contributed by atoms with van der Waals surface area (Å²) in [6, 6.07) is 0.150. The average Bonchev–Trinajstić information content (AvgIpc) is 2.86. The zero-order valence-corrected chi connectivity index (χ0v) is 13.1. The smallest absolute Gasteiger partial charge is 0.226 e. The van der Waals surface area contributed by atoms with Crippen LogP contribution in [0, 0.1) is 5.41 Å². The first kappa shape index (κ1) is 15.4. The van der Waals surface area contributed by atoms with E-state index < -0.39 is 0 Å². The molecule has 1 unspecified atom stereocenters. The largest absolute Gasteiger partial charge is 0.370 e. The molecule has 1 heterocycles. The molecule has 1 aliphatic carbocycles. The summed E-state index contributed by atoms with van der Waals surface area (Å²) >= 11 is 0. The van der Waals surface area contributed by atoms with Gasteiger partial charge in [0, 0.05) is 19.6 Å². The highest BCUT2D eigenvalue weighted by Gasteiger charge is 2.43. The second-order valence-corrected chi connectivity index (χ2v) is 6.89. The topological polar surface area (TPSA) is 74.2 Å². The van der Waals surface area contributed by atoms with Crippen molar-refractivity contribution in [2.75, 3.05) is 7.11 Å². The molecule has 0 amide bonds. The van der Waals surface area contributed by atoms with E-state index in [0.717, 1.165) is 38.5 Å². The van der Waals surface area contributed by atoms with Crippen molar-refractivity contribution in [1.29, 1.82) is 0 Å². The van der Waals surface area contributed by atoms with Crippen molar-refractivity contribution in [3.63, 3.8) is 0 Å². The van der Waals surface area contributed by atoms with Gasteiger partial charge in [0.25, 0.3) is 0 Å². The monoisotopic (exact) mass is 281 g/mol. The van der Waals surface area contributed by atoms with E-state index in [4.69, 9.17) is 15.0 Å². The van der Waals surface area contributed by atoms with Crippen molar-refractivity contribution in [2.24, 2.45) is 11.1 Å². The van der Waals surface area contributed by atoms with Crippen LogP contribution in [-0.4, -0.2) is 23.3 Å². The summed E-state index contributed by atoms with van der Waals surface area (Å²) in [6.45, 7) is 6.59. The van der Waals surface area contributed by atoms with E-state index in [1.165, 1.54) is 0 Å². The molecule has 2 N–H and O–H groups in total. The van der Waals surface area contributed by atoms with Gasteiger partial charge in [-0.2, -0.15) is 4.98 Å². The first-order valence-corrected chi connectivity index (χ1v) is 7.51. The van der Waals surface area contributed by atoms with Crippen LogP contribution >= 0.6 is 0 Å². The maximum absolute atomic E-state index is 5.79. The summed E-state index contributed by atoms with van der Waals surface area (Å²) in [5.74, 6) is 1.37. The van der Waals surface area contributed by atoms with E-state index >= 15 is 0 Å². The Hall–Kier alpha value is -0.940. The number of ether oxygens (including phenoxy) is 1. The van der Waals surface area contributed by atoms with Gasteiger partial charge in [0.15, 0.2) is 0 Å². The second kappa shape index (κ2) is 5.82. The predicted molar refractivity (Wildman–Crippen MR) is 77.2 cm³/mol. The highest BCUT2D eigenvalue weighted by molar-refractivity contribution is 5.05. The highest BCUT2D eigenvalue weighted by atomic mass is 16.5. The number of hydrogen-bond acceptors (Lipinski definition) is 5. The first-order valence-electron chi connectivity index (χ1n) is 7.51. The average molecular weight is 281 g/mol. The van der Waals surface area contributed by atoms with Gasteiger partial charge in [-0.3, -0.25) is 0 Å². The van der Waals surface area contributed by atoms with Crippen LogP contribution in [0.25, 0.3) is 0 Å². The van der Waals surface area contributed by atoms with Crippen LogP contribution in [0.4, 0.5) is 0 Å². The Balaban J connectivity index is 2.08. The molecule has 1 saturated carbocycles. The molecular weight excluding hydrogens is 254 g/mol. The van der Waals surface area contributed by atoms with E-state index in [2.05, 4.69) is 24.0 Å². The molecule has 20 heavy (non-hydrogen) atoms. The molecule has 1 atom stereocenters. The standard InChI is InChI=1S/C15H27N3O2/c1-11(16)5-6-12-17-13(18-20-12)15(19-4)9-7-14(2,3)8-10-15/h11H,5-10,16H2,1-4H3. The molecule has 1 aromatic rings. The van der Waals surface area contributed by atoms with Gasteiger partial charge in [-0.15, -0.1) is 0 Å². The number of methoxy groups -OCH3 is 1. The molecule has 0 radical (unpaired) electrons. The van der Waals surface area contributed by atoms with Gasteiger partial charge in [-0.05, 0) is 44.4 Å². The van der Waals surface area contributed by atoms with Crippen molar-refractivity contribution in [3.8, 4) is 0 Å². The fourth-order valence-electron chi connectivity index (χ4n) is 2.74. The van der Waals surface area contributed by atoms with Crippen molar-refractivity contribution in [1.82, 2.24) is 10.1 Å². The molecular formula is C15H27N3O2. The lowest BCUT2D eigenvalue weighted by Gasteiger charge is -2.40. The van der Waals surface area contributed by atoms with E-state index in [-0.39, 0.29) is 11.6 Å². The number of nitrogens with zero attached hydrogens (tertiary/aromatic N) is 2. The maximum atomic E-state index is 5.79. The first-order chi connectivity index (χ1) is 9.37. The Bertz CT molecular complexity index is 430. The number of nitrogens with two attached hydrogens (primary N) is 1. The van der Waals surface area contributed by atoms with Gasteiger partial charge in [-0.25, -0.2) is 0 Å². The quantitative estimate of drug-likeness (QED) is 0.898. The van der Waals surface area contributed by atoms with Crippen molar-refractivity contribution in [2.45, 2.75) is 70.9 Å². The van der Waals surface area contributed by atoms with E-state index in [0.29, 0.717) is 17.1 Å². The lowest BCUT2D eigenvalue weighted by atomic mass is 9.70. The van der Waals surface area contributed by atoms with Gasteiger partial charge >= 0.3 is 0 Å². The summed E-state index contributed by atoms with van der Waals surface area (Å²) in [5.41, 5.74) is 5.77. The normalized spacial score (nSPS) is 22.6. The molecule has 0 saturated heterocycles. The molecule has 1 aromatic heterocycles. The molecule has 5 heteroatoms. The Kier molecular flexibility index (Phi) is 4.49. The third kappa shape index (κ3) is 3.38. The number of aromatic nitrogens is 2. The fraction of sp³-hybridized carbons (Fsp3) is 0.867. The molecule has 114 valence electrons. The molecule has 0 bridgehead atoms. The summed E-state index contributed by atoms with van der Waals surface area (Å²) in [4.78, 5) is 4.54. The number of aryl methyl sites for hydroxylation is 1. The van der Waals surface area contributed by atoms with Crippen LogP contribution in [0.3, 0.4) is 0 Å². The minimum absolute atomic E-state index is 0.150.